The maximum atomic E-state index is 11.3. The highest BCUT2D eigenvalue weighted by atomic mass is 16.5. The van der Waals surface area contributed by atoms with E-state index < -0.39 is 0 Å². The van der Waals surface area contributed by atoms with Crippen molar-refractivity contribution >= 4 is 5.97 Å². The number of esters is 1. The van der Waals surface area contributed by atoms with Crippen LogP contribution in [0.25, 0.3) is 0 Å². The minimum Gasteiger partial charge on any atom is -0.466 e. The molecular weight excluding hydrogens is 212 g/mol. The minimum absolute atomic E-state index is 0.0557. The molecule has 0 aromatic rings. The molecule has 0 unspecified atom stereocenters. The van der Waals surface area contributed by atoms with E-state index in [1.165, 1.54) is 32.1 Å². The Bertz CT molecular complexity index is 209. The summed E-state index contributed by atoms with van der Waals surface area (Å²) in [6.45, 7) is 8.61. The fourth-order valence-electron chi connectivity index (χ4n) is 1.68. The van der Waals surface area contributed by atoms with Gasteiger partial charge in [0.25, 0.3) is 0 Å². The van der Waals surface area contributed by atoms with Crippen LogP contribution in [-0.4, -0.2) is 12.6 Å². The zero-order valence-corrected chi connectivity index (χ0v) is 11.6. The summed E-state index contributed by atoms with van der Waals surface area (Å²) in [6.07, 6.45) is 9.68. The lowest BCUT2D eigenvalue weighted by Crippen LogP contribution is -2.05. The van der Waals surface area contributed by atoms with Crippen molar-refractivity contribution in [2.24, 2.45) is 0 Å². The van der Waals surface area contributed by atoms with E-state index in [1.807, 2.05) is 6.92 Å². The van der Waals surface area contributed by atoms with E-state index in [0.717, 1.165) is 24.8 Å². The molecule has 2 heteroatoms. The van der Waals surface area contributed by atoms with Crippen molar-refractivity contribution in [2.45, 2.75) is 71.6 Å². The Morgan fingerprint density at radius 1 is 1.00 bits per heavy atom. The average molecular weight is 240 g/mol. The molecule has 2 nitrogen and oxygen atoms in total. The zero-order chi connectivity index (χ0) is 12.9. The van der Waals surface area contributed by atoms with Crippen LogP contribution in [-0.2, 0) is 9.53 Å². The van der Waals surface area contributed by atoms with Gasteiger partial charge in [0.15, 0.2) is 0 Å². The number of hydrogen-bond donors (Lipinski definition) is 0. The summed E-state index contributed by atoms with van der Waals surface area (Å²) in [5.74, 6) is -0.0557. The molecule has 0 rings (SSSR count). The number of rotatable bonds is 11. The Kier molecular flexibility index (Phi) is 11.1. The molecule has 0 amide bonds. The molecule has 0 aliphatic heterocycles. The van der Waals surface area contributed by atoms with Crippen LogP contribution in [0, 0.1) is 0 Å². The molecule has 0 N–H and O–H groups in total. The first-order chi connectivity index (χ1) is 8.16. The van der Waals surface area contributed by atoms with Crippen molar-refractivity contribution in [3.8, 4) is 0 Å². The second kappa shape index (κ2) is 11.7. The third-order valence-electron chi connectivity index (χ3n) is 2.75. The number of hydrogen-bond acceptors (Lipinski definition) is 2. The fraction of sp³-hybridized carbons (Fsp3) is 0.800. The SMILES string of the molecule is C=C(C)CCCC(=O)OCCCCCCCC. The first-order valence-corrected chi connectivity index (χ1v) is 6.96. The van der Waals surface area contributed by atoms with Crippen molar-refractivity contribution < 1.29 is 9.53 Å². The molecule has 0 radical (unpaired) electrons. The summed E-state index contributed by atoms with van der Waals surface area (Å²) >= 11 is 0. The molecule has 0 atom stereocenters. The Morgan fingerprint density at radius 3 is 2.29 bits per heavy atom. The summed E-state index contributed by atoms with van der Waals surface area (Å²) in [4.78, 5) is 11.3. The van der Waals surface area contributed by atoms with E-state index in [2.05, 4.69) is 13.5 Å². The molecule has 0 aliphatic carbocycles. The molecule has 0 heterocycles. The van der Waals surface area contributed by atoms with E-state index in [0.29, 0.717) is 13.0 Å². The monoisotopic (exact) mass is 240 g/mol. The van der Waals surface area contributed by atoms with Crippen molar-refractivity contribution in [3.63, 3.8) is 0 Å². The highest BCUT2D eigenvalue weighted by Crippen LogP contribution is 2.07. The highest BCUT2D eigenvalue weighted by molar-refractivity contribution is 5.69. The van der Waals surface area contributed by atoms with E-state index >= 15 is 0 Å². The summed E-state index contributed by atoms with van der Waals surface area (Å²) in [5, 5.41) is 0. The average Bonchev–Trinajstić information content (AvgIpc) is 2.27. The third kappa shape index (κ3) is 13.1. The molecule has 100 valence electrons. The Labute approximate surface area is 106 Å². The van der Waals surface area contributed by atoms with Gasteiger partial charge in [-0.3, -0.25) is 4.79 Å². The maximum Gasteiger partial charge on any atom is 0.305 e. The molecule has 0 aliphatic rings. The van der Waals surface area contributed by atoms with Gasteiger partial charge >= 0.3 is 5.97 Å². The smallest absolute Gasteiger partial charge is 0.305 e. The van der Waals surface area contributed by atoms with E-state index in [9.17, 15) is 4.79 Å². The number of carbonyl (C=O) groups is 1. The van der Waals surface area contributed by atoms with Crippen LogP contribution < -0.4 is 0 Å². The lowest BCUT2D eigenvalue weighted by molar-refractivity contribution is -0.143. The quantitative estimate of drug-likeness (QED) is 0.299. The lowest BCUT2D eigenvalue weighted by atomic mass is 10.1. The van der Waals surface area contributed by atoms with Crippen molar-refractivity contribution in [3.05, 3.63) is 12.2 Å². The van der Waals surface area contributed by atoms with Gasteiger partial charge in [-0.25, -0.2) is 0 Å². The minimum atomic E-state index is -0.0557. The second-order valence-electron chi connectivity index (χ2n) is 4.80. The molecule has 0 saturated heterocycles. The molecule has 0 spiro atoms. The van der Waals surface area contributed by atoms with Gasteiger partial charge in [-0.15, -0.1) is 6.58 Å². The molecule has 0 aromatic heterocycles. The Hall–Kier alpha value is -0.790. The van der Waals surface area contributed by atoms with Gasteiger partial charge in [-0.2, -0.15) is 0 Å². The van der Waals surface area contributed by atoms with Gasteiger partial charge in [-0.1, -0.05) is 44.6 Å². The summed E-state index contributed by atoms with van der Waals surface area (Å²) in [7, 11) is 0. The normalized spacial score (nSPS) is 10.2. The number of unbranched alkanes of at least 4 members (excludes halogenated alkanes) is 5. The van der Waals surface area contributed by atoms with E-state index in [1.54, 1.807) is 0 Å². The number of allylic oxidation sites excluding steroid dienone is 1. The summed E-state index contributed by atoms with van der Waals surface area (Å²) < 4.78 is 5.16. The van der Waals surface area contributed by atoms with E-state index in [4.69, 9.17) is 4.74 Å². The Balaban J connectivity index is 3.19. The standard InChI is InChI=1S/C15H28O2/c1-4-5-6-7-8-9-13-17-15(16)12-10-11-14(2)3/h2,4-13H2,1,3H3. The van der Waals surface area contributed by atoms with Crippen LogP contribution in [0.5, 0.6) is 0 Å². The van der Waals surface area contributed by atoms with Crippen molar-refractivity contribution in [1.29, 1.82) is 0 Å². The summed E-state index contributed by atoms with van der Waals surface area (Å²) in [6, 6.07) is 0. The van der Waals surface area contributed by atoms with E-state index in [-0.39, 0.29) is 5.97 Å². The van der Waals surface area contributed by atoms with Crippen LogP contribution in [0.4, 0.5) is 0 Å². The number of carbonyl (C=O) groups excluding carboxylic acids is 1. The zero-order valence-electron chi connectivity index (χ0n) is 11.6. The van der Waals surface area contributed by atoms with Crippen LogP contribution >= 0.6 is 0 Å². The lowest BCUT2D eigenvalue weighted by Gasteiger charge is -2.04. The maximum absolute atomic E-state index is 11.3. The first-order valence-electron chi connectivity index (χ1n) is 6.96. The third-order valence-corrected chi connectivity index (χ3v) is 2.75. The highest BCUT2D eigenvalue weighted by Gasteiger charge is 2.02. The van der Waals surface area contributed by atoms with Crippen LogP contribution in [0.2, 0.25) is 0 Å². The fourth-order valence-corrected chi connectivity index (χ4v) is 1.68. The van der Waals surface area contributed by atoms with Gasteiger partial charge < -0.3 is 4.74 Å². The Morgan fingerprint density at radius 2 is 1.65 bits per heavy atom. The van der Waals surface area contributed by atoms with Gasteiger partial charge in [0, 0.05) is 6.42 Å². The number of ether oxygens (including phenoxy) is 1. The van der Waals surface area contributed by atoms with Crippen LogP contribution in [0.15, 0.2) is 12.2 Å². The molecule has 17 heavy (non-hydrogen) atoms. The van der Waals surface area contributed by atoms with Crippen molar-refractivity contribution in [1.82, 2.24) is 0 Å². The topological polar surface area (TPSA) is 26.3 Å². The molecule has 0 bridgehead atoms. The van der Waals surface area contributed by atoms with Gasteiger partial charge in [0.05, 0.1) is 6.61 Å². The molecule has 0 saturated carbocycles. The largest absolute Gasteiger partial charge is 0.466 e. The van der Waals surface area contributed by atoms with Gasteiger partial charge in [-0.05, 0) is 26.2 Å². The first kappa shape index (κ1) is 16.2. The second-order valence-corrected chi connectivity index (χ2v) is 4.80. The molecular formula is C15H28O2. The van der Waals surface area contributed by atoms with Crippen LogP contribution in [0.3, 0.4) is 0 Å². The van der Waals surface area contributed by atoms with Crippen LogP contribution in [0.1, 0.15) is 71.6 Å². The molecule has 0 aromatic carbocycles. The predicted molar refractivity (Wildman–Crippen MR) is 73.0 cm³/mol. The van der Waals surface area contributed by atoms with Crippen molar-refractivity contribution in [2.75, 3.05) is 6.61 Å². The molecule has 0 fully saturated rings. The van der Waals surface area contributed by atoms with Gasteiger partial charge in [0.2, 0.25) is 0 Å². The van der Waals surface area contributed by atoms with Gasteiger partial charge in [0.1, 0.15) is 0 Å². The summed E-state index contributed by atoms with van der Waals surface area (Å²) in [5.41, 5.74) is 1.13. The predicted octanol–water partition coefficient (Wildman–Crippen LogP) is 4.64.